The number of aromatic nitrogens is 1. The number of aliphatic hydroxyl groups is 1. The molecule has 152 valence electrons. The number of carbonyl (C=O) groups is 1. The lowest BCUT2D eigenvalue weighted by Crippen LogP contribution is -2.30. The van der Waals surface area contributed by atoms with Crippen LogP contribution in [0.5, 0.6) is 0 Å². The lowest BCUT2D eigenvalue weighted by atomic mass is 10.1. The maximum absolute atomic E-state index is 12.7. The minimum atomic E-state index is -0.395. The van der Waals surface area contributed by atoms with E-state index in [1.54, 1.807) is 43.9 Å². The van der Waals surface area contributed by atoms with E-state index < -0.39 is 5.91 Å². The van der Waals surface area contributed by atoms with Crippen molar-refractivity contribution < 1.29 is 9.90 Å². The fourth-order valence-electron chi connectivity index (χ4n) is 2.66. The molecule has 2 rings (SSSR count). The Morgan fingerprint density at radius 3 is 2.64 bits per heavy atom. The molecule has 0 aliphatic rings. The number of hydrogen-bond donors (Lipinski definition) is 3. The second-order valence-electron chi connectivity index (χ2n) is 6.62. The van der Waals surface area contributed by atoms with Gasteiger partial charge in [-0.05, 0) is 31.5 Å². The lowest BCUT2D eigenvalue weighted by molar-refractivity contribution is 0.0948. The Labute approximate surface area is 174 Å². The first-order valence-corrected chi connectivity index (χ1v) is 10.4. The summed E-state index contributed by atoms with van der Waals surface area (Å²) in [5.74, 6) is 0.358. The number of hydrogen-bond acceptors (Lipinski definition) is 5. The number of carbonyl (C=O) groups excluding carboxylic acids is 1. The van der Waals surface area contributed by atoms with Crippen molar-refractivity contribution in [2.45, 2.75) is 31.5 Å². The summed E-state index contributed by atoms with van der Waals surface area (Å²) < 4.78 is 1.81. The molecule has 0 radical (unpaired) electrons. The van der Waals surface area contributed by atoms with Crippen molar-refractivity contribution in [3.05, 3.63) is 62.4 Å². The van der Waals surface area contributed by atoms with Gasteiger partial charge in [-0.3, -0.25) is 9.59 Å². The van der Waals surface area contributed by atoms with Crippen molar-refractivity contribution in [3.8, 4) is 0 Å². The molecule has 0 aliphatic heterocycles. The zero-order valence-corrected chi connectivity index (χ0v) is 17.9. The summed E-state index contributed by atoms with van der Waals surface area (Å²) in [6.07, 6.45) is 1.19. The first-order chi connectivity index (χ1) is 13.3. The van der Waals surface area contributed by atoms with Crippen LogP contribution >= 0.6 is 23.4 Å². The van der Waals surface area contributed by atoms with Gasteiger partial charge in [-0.15, -0.1) is 11.8 Å². The van der Waals surface area contributed by atoms with Crippen LogP contribution in [0.3, 0.4) is 0 Å². The predicted octanol–water partition coefficient (Wildman–Crippen LogP) is 2.34. The largest absolute Gasteiger partial charge is 0.392 e. The van der Waals surface area contributed by atoms with Gasteiger partial charge >= 0.3 is 0 Å². The number of nitrogens with one attached hydrogen (secondary N) is 2. The highest BCUT2D eigenvalue weighted by Crippen LogP contribution is 2.19. The summed E-state index contributed by atoms with van der Waals surface area (Å²) >= 11 is 7.41. The summed E-state index contributed by atoms with van der Waals surface area (Å²) in [4.78, 5) is 25.2. The van der Waals surface area contributed by atoms with Gasteiger partial charge in [0.1, 0.15) is 5.56 Å². The Balaban J connectivity index is 2.02. The third-order valence-corrected chi connectivity index (χ3v) is 5.65. The molecule has 0 bridgehead atoms. The van der Waals surface area contributed by atoms with E-state index in [0.29, 0.717) is 30.2 Å². The van der Waals surface area contributed by atoms with Crippen LogP contribution in [-0.4, -0.2) is 40.5 Å². The highest BCUT2D eigenvalue weighted by molar-refractivity contribution is 7.99. The average molecular weight is 424 g/mol. The number of aliphatic hydroxyl groups excluding tert-OH is 1. The Bertz CT molecular complexity index is 866. The molecule has 1 unspecified atom stereocenters. The maximum Gasteiger partial charge on any atom is 0.257 e. The van der Waals surface area contributed by atoms with E-state index in [9.17, 15) is 14.7 Å². The Kier molecular flexibility index (Phi) is 8.57. The van der Waals surface area contributed by atoms with Crippen LogP contribution in [0.15, 0.2) is 40.3 Å². The second kappa shape index (κ2) is 10.7. The van der Waals surface area contributed by atoms with Crippen molar-refractivity contribution in [3.63, 3.8) is 0 Å². The molecule has 1 atom stereocenters. The molecule has 1 amide bonds. The molecular weight excluding hydrogens is 398 g/mol. The van der Waals surface area contributed by atoms with Gasteiger partial charge in [-0.2, -0.15) is 0 Å². The molecular formula is C20H26ClN3O3S. The van der Waals surface area contributed by atoms with Crippen molar-refractivity contribution in [2.24, 2.45) is 7.05 Å². The van der Waals surface area contributed by atoms with Crippen LogP contribution in [0, 0.1) is 6.92 Å². The Hall–Kier alpha value is -1.80. The summed E-state index contributed by atoms with van der Waals surface area (Å²) in [6, 6.07) is 7.18. The van der Waals surface area contributed by atoms with E-state index >= 15 is 0 Å². The maximum atomic E-state index is 12.7. The summed E-state index contributed by atoms with van der Waals surface area (Å²) in [5, 5.41) is 16.6. The zero-order valence-electron chi connectivity index (χ0n) is 16.3. The van der Waals surface area contributed by atoms with Gasteiger partial charge in [0, 0.05) is 49.2 Å². The molecule has 1 aromatic heterocycles. The molecule has 2 aromatic rings. The summed E-state index contributed by atoms with van der Waals surface area (Å²) in [5.41, 5.74) is 1.34. The van der Waals surface area contributed by atoms with E-state index in [1.165, 1.54) is 0 Å². The standard InChI is InChI=1S/C20H26ClN3O3S/c1-13(25)10-22-8-9-28-20-14(2)18(26)17(12-24(20)3)19(27)23-11-15-4-6-16(21)7-5-15/h4-7,12-13,22,25H,8-11H2,1-3H3,(H,23,27). The molecule has 0 saturated heterocycles. The van der Waals surface area contributed by atoms with E-state index in [0.717, 1.165) is 16.3 Å². The molecule has 28 heavy (non-hydrogen) atoms. The zero-order chi connectivity index (χ0) is 20.7. The third kappa shape index (κ3) is 6.38. The molecule has 0 fully saturated rings. The van der Waals surface area contributed by atoms with E-state index in [-0.39, 0.29) is 17.1 Å². The van der Waals surface area contributed by atoms with Crippen LogP contribution in [0.4, 0.5) is 0 Å². The number of amides is 1. The van der Waals surface area contributed by atoms with Crippen LogP contribution < -0.4 is 16.1 Å². The quantitative estimate of drug-likeness (QED) is 0.426. The van der Waals surface area contributed by atoms with Gasteiger partial charge < -0.3 is 20.3 Å². The van der Waals surface area contributed by atoms with Crippen LogP contribution in [0.1, 0.15) is 28.4 Å². The first-order valence-electron chi connectivity index (χ1n) is 9.04. The Morgan fingerprint density at radius 2 is 2.00 bits per heavy atom. The normalized spacial score (nSPS) is 12.0. The number of rotatable bonds is 9. The molecule has 8 heteroatoms. The van der Waals surface area contributed by atoms with Crippen LogP contribution in [0.25, 0.3) is 0 Å². The minimum Gasteiger partial charge on any atom is -0.392 e. The van der Waals surface area contributed by atoms with Gasteiger partial charge in [0.15, 0.2) is 5.43 Å². The molecule has 0 saturated carbocycles. The number of thioether (sulfide) groups is 1. The van der Waals surface area contributed by atoms with Crippen molar-refractivity contribution in [1.29, 1.82) is 0 Å². The lowest BCUT2D eigenvalue weighted by Gasteiger charge is -2.14. The van der Waals surface area contributed by atoms with E-state index in [1.807, 2.05) is 23.7 Å². The van der Waals surface area contributed by atoms with Crippen molar-refractivity contribution in [2.75, 3.05) is 18.8 Å². The average Bonchev–Trinajstić information content (AvgIpc) is 2.65. The molecule has 6 nitrogen and oxygen atoms in total. The van der Waals surface area contributed by atoms with Crippen LogP contribution in [-0.2, 0) is 13.6 Å². The SMILES string of the molecule is Cc1c(SCCNCC(C)O)n(C)cc(C(=O)NCc2ccc(Cl)cc2)c1=O. The number of nitrogens with zero attached hydrogens (tertiary/aromatic N) is 1. The number of aryl methyl sites for hydroxylation is 1. The fourth-order valence-corrected chi connectivity index (χ4v) is 3.79. The van der Waals surface area contributed by atoms with Gasteiger partial charge in [0.05, 0.1) is 11.1 Å². The summed E-state index contributed by atoms with van der Waals surface area (Å²) in [7, 11) is 1.83. The smallest absolute Gasteiger partial charge is 0.257 e. The summed E-state index contributed by atoms with van der Waals surface area (Å²) in [6.45, 7) is 5.04. The number of halogens is 1. The monoisotopic (exact) mass is 423 g/mol. The highest BCUT2D eigenvalue weighted by Gasteiger charge is 2.16. The fraction of sp³-hybridized carbons (Fsp3) is 0.400. The molecule has 1 aromatic carbocycles. The minimum absolute atomic E-state index is 0.130. The van der Waals surface area contributed by atoms with Gasteiger partial charge in [-0.1, -0.05) is 23.7 Å². The number of pyridine rings is 1. The third-order valence-electron chi connectivity index (χ3n) is 4.12. The Morgan fingerprint density at radius 1 is 1.32 bits per heavy atom. The number of benzene rings is 1. The first kappa shape index (κ1) is 22.5. The molecule has 0 spiro atoms. The van der Waals surface area contributed by atoms with Crippen LogP contribution in [0.2, 0.25) is 5.02 Å². The molecule has 3 N–H and O–H groups in total. The van der Waals surface area contributed by atoms with Crippen molar-refractivity contribution >= 4 is 29.3 Å². The highest BCUT2D eigenvalue weighted by atomic mass is 35.5. The van der Waals surface area contributed by atoms with E-state index in [2.05, 4.69) is 10.6 Å². The second-order valence-corrected chi connectivity index (χ2v) is 8.14. The van der Waals surface area contributed by atoms with Gasteiger partial charge in [-0.25, -0.2) is 0 Å². The molecule has 1 heterocycles. The van der Waals surface area contributed by atoms with Crippen molar-refractivity contribution in [1.82, 2.24) is 15.2 Å². The topological polar surface area (TPSA) is 83.4 Å². The van der Waals surface area contributed by atoms with E-state index in [4.69, 9.17) is 11.6 Å². The molecule has 0 aliphatic carbocycles. The predicted molar refractivity (Wildman–Crippen MR) is 114 cm³/mol. The van der Waals surface area contributed by atoms with Gasteiger partial charge in [0.2, 0.25) is 0 Å². The van der Waals surface area contributed by atoms with Gasteiger partial charge in [0.25, 0.3) is 5.91 Å².